The first kappa shape index (κ1) is 23.2. The predicted octanol–water partition coefficient (Wildman–Crippen LogP) is 3.28. The van der Waals surface area contributed by atoms with Gasteiger partial charge in [0.25, 0.3) is 5.56 Å². The van der Waals surface area contributed by atoms with E-state index in [2.05, 4.69) is 15.3 Å². The van der Waals surface area contributed by atoms with Gasteiger partial charge in [-0.2, -0.15) is 0 Å². The normalized spacial score (nSPS) is 11.3. The van der Waals surface area contributed by atoms with Crippen LogP contribution >= 0.6 is 0 Å². The second kappa shape index (κ2) is 9.46. The Morgan fingerprint density at radius 3 is 2.44 bits per heavy atom. The molecular formula is C25H26FN5O3. The number of hydrogen-bond acceptors (Lipinski definition) is 4. The van der Waals surface area contributed by atoms with Crippen LogP contribution in [0.2, 0.25) is 0 Å². The van der Waals surface area contributed by atoms with Crippen molar-refractivity contribution in [1.29, 1.82) is 0 Å². The van der Waals surface area contributed by atoms with Crippen molar-refractivity contribution in [2.24, 2.45) is 5.92 Å². The van der Waals surface area contributed by atoms with Crippen LogP contribution in [0, 0.1) is 11.7 Å². The molecule has 0 saturated carbocycles. The maximum atomic E-state index is 14.2. The number of amides is 1. The molecule has 0 aliphatic carbocycles. The molecule has 176 valence electrons. The molecular weight excluding hydrogens is 437 g/mol. The van der Waals surface area contributed by atoms with Gasteiger partial charge >= 0.3 is 5.69 Å². The van der Waals surface area contributed by atoms with Crippen molar-refractivity contribution in [2.75, 3.05) is 5.32 Å². The van der Waals surface area contributed by atoms with Crippen molar-refractivity contribution >= 4 is 22.8 Å². The SMILES string of the molecule is CC(=O)Nc1ccc(Cc2nc3c([nH]2)c(=O)n(Cc2ccccc2F)c(=O)n3CC(C)C)cc1. The highest BCUT2D eigenvalue weighted by Crippen LogP contribution is 2.15. The third-order valence-electron chi connectivity index (χ3n) is 5.39. The van der Waals surface area contributed by atoms with E-state index >= 15 is 0 Å². The van der Waals surface area contributed by atoms with Crippen molar-refractivity contribution < 1.29 is 9.18 Å². The third-order valence-corrected chi connectivity index (χ3v) is 5.39. The quantitative estimate of drug-likeness (QED) is 0.439. The lowest BCUT2D eigenvalue weighted by Crippen LogP contribution is -2.41. The molecule has 9 heteroatoms. The van der Waals surface area contributed by atoms with Crippen LogP contribution in [0.1, 0.15) is 37.7 Å². The standard InChI is InChI=1S/C25H26FN5O3/c1-15(2)13-30-23-22(24(33)31(25(30)34)14-18-6-4-5-7-20(18)26)28-21(29-23)12-17-8-10-19(11-9-17)27-16(3)32/h4-11,15H,12-14H2,1-3H3,(H,27,32)(H,28,29). The summed E-state index contributed by atoms with van der Waals surface area (Å²) in [6, 6.07) is 13.4. The first-order chi connectivity index (χ1) is 16.2. The zero-order valence-corrected chi connectivity index (χ0v) is 19.3. The Bertz CT molecular complexity index is 1460. The van der Waals surface area contributed by atoms with Crippen LogP contribution in [0.15, 0.2) is 58.1 Å². The van der Waals surface area contributed by atoms with E-state index in [0.717, 1.165) is 10.1 Å². The average Bonchev–Trinajstić information content (AvgIpc) is 3.20. The number of imidazole rings is 1. The summed E-state index contributed by atoms with van der Waals surface area (Å²) in [4.78, 5) is 45.3. The molecule has 0 aliphatic heterocycles. The second-order valence-electron chi connectivity index (χ2n) is 8.71. The number of nitrogens with one attached hydrogen (secondary N) is 2. The number of benzene rings is 2. The summed E-state index contributed by atoms with van der Waals surface area (Å²) in [5, 5.41) is 2.72. The molecule has 2 N–H and O–H groups in total. The Morgan fingerprint density at radius 2 is 1.79 bits per heavy atom. The lowest BCUT2D eigenvalue weighted by atomic mass is 10.1. The first-order valence-corrected chi connectivity index (χ1v) is 11.0. The molecule has 0 atom stereocenters. The molecule has 2 heterocycles. The van der Waals surface area contributed by atoms with Crippen molar-refractivity contribution in [3.63, 3.8) is 0 Å². The van der Waals surface area contributed by atoms with Crippen molar-refractivity contribution in [3.8, 4) is 0 Å². The molecule has 0 radical (unpaired) electrons. The molecule has 0 aliphatic rings. The zero-order chi connectivity index (χ0) is 24.4. The smallest absolute Gasteiger partial charge is 0.333 e. The first-order valence-electron chi connectivity index (χ1n) is 11.0. The summed E-state index contributed by atoms with van der Waals surface area (Å²) in [5.74, 6) is 0.0267. The van der Waals surface area contributed by atoms with Gasteiger partial charge in [0.2, 0.25) is 5.91 Å². The Balaban J connectivity index is 1.76. The Kier molecular flexibility index (Phi) is 6.45. The molecule has 34 heavy (non-hydrogen) atoms. The lowest BCUT2D eigenvalue weighted by molar-refractivity contribution is -0.114. The number of hydrogen-bond donors (Lipinski definition) is 2. The highest BCUT2D eigenvalue weighted by atomic mass is 19.1. The topological polar surface area (TPSA) is 102 Å². The molecule has 8 nitrogen and oxygen atoms in total. The van der Waals surface area contributed by atoms with Gasteiger partial charge in [0.15, 0.2) is 5.65 Å². The van der Waals surface area contributed by atoms with E-state index in [1.165, 1.54) is 17.6 Å². The third kappa shape index (κ3) is 4.83. The summed E-state index contributed by atoms with van der Waals surface area (Å²) in [7, 11) is 0. The van der Waals surface area contributed by atoms with Crippen molar-refractivity contribution in [2.45, 2.75) is 40.3 Å². The van der Waals surface area contributed by atoms with Gasteiger partial charge in [-0.1, -0.05) is 44.2 Å². The van der Waals surface area contributed by atoms with E-state index in [0.29, 0.717) is 30.1 Å². The number of carbonyl (C=O) groups excluding carboxylic acids is 1. The van der Waals surface area contributed by atoms with Gasteiger partial charge in [0.05, 0.1) is 6.54 Å². The predicted molar refractivity (Wildman–Crippen MR) is 129 cm³/mol. The Morgan fingerprint density at radius 1 is 1.09 bits per heavy atom. The number of fused-ring (bicyclic) bond motifs is 1. The van der Waals surface area contributed by atoms with Gasteiger partial charge in [0.1, 0.15) is 17.2 Å². The number of H-pyrrole nitrogens is 1. The van der Waals surface area contributed by atoms with Gasteiger partial charge in [-0.15, -0.1) is 0 Å². The molecule has 2 aromatic heterocycles. The van der Waals surface area contributed by atoms with E-state index in [1.807, 2.05) is 26.0 Å². The highest BCUT2D eigenvalue weighted by Gasteiger charge is 2.19. The maximum absolute atomic E-state index is 14.2. The van der Waals surface area contributed by atoms with Crippen LogP contribution in [0.3, 0.4) is 0 Å². The van der Waals surface area contributed by atoms with E-state index < -0.39 is 17.1 Å². The lowest BCUT2D eigenvalue weighted by Gasteiger charge is -2.13. The summed E-state index contributed by atoms with van der Waals surface area (Å²) >= 11 is 0. The molecule has 0 unspecified atom stereocenters. The monoisotopic (exact) mass is 463 g/mol. The van der Waals surface area contributed by atoms with Crippen LogP contribution < -0.4 is 16.6 Å². The van der Waals surface area contributed by atoms with Crippen molar-refractivity contribution in [3.05, 3.63) is 92.1 Å². The molecule has 0 spiro atoms. The summed E-state index contributed by atoms with van der Waals surface area (Å²) in [6.07, 6.45) is 0.400. The molecule has 0 bridgehead atoms. The molecule has 4 rings (SSSR count). The fourth-order valence-corrected chi connectivity index (χ4v) is 3.87. The summed E-state index contributed by atoms with van der Waals surface area (Å²) in [5.41, 5.74) is 1.30. The zero-order valence-electron chi connectivity index (χ0n) is 19.3. The number of anilines is 1. The van der Waals surface area contributed by atoms with E-state index in [4.69, 9.17) is 0 Å². The minimum atomic E-state index is -0.539. The number of aromatic amines is 1. The van der Waals surface area contributed by atoms with Crippen LogP contribution in [-0.4, -0.2) is 25.0 Å². The Labute approximate surface area is 195 Å². The van der Waals surface area contributed by atoms with E-state index in [-0.39, 0.29) is 29.4 Å². The maximum Gasteiger partial charge on any atom is 0.333 e. The number of rotatable bonds is 7. The molecule has 2 aromatic carbocycles. The van der Waals surface area contributed by atoms with Gasteiger partial charge in [-0.05, 0) is 29.7 Å². The van der Waals surface area contributed by atoms with Gasteiger partial charge in [-0.25, -0.2) is 14.2 Å². The van der Waals surface area contributed by atoms with Crippen molar-refractivity contribution in [1.82, 2.24) is 19.1 Å². The number of nitrogens with zero attached hydrogens (tertiary/aromatic N) is 3. The van der Waals surface area contributed by atoms with Crippen LogP contribution in [0.4, 0.5) is 10.1 Å². The second-order valence-corrected chi connectivity index (χ2v) is 8.71. The summed E-state index contributed by atoms with van der Waals surface area (Å²) in [6.45, 7) is 5.57. The highest BCUT2D eigenvalue weighted by molar-refractivity contribution is 5.88. The fourth-order valence-electron chi connectivity index (χ4n) is 3.87. The molecule has 0 fully saturated rings. The van der Waals surface area contributed by atoms with Gasteiger partial charge < -0.3 is 10.3 Å². The van der Waals surface area contributed by atoms with Crippen LogP contribution in [0.5, 0.6) is 0 Å². The number of aromatic nitrogens is 4. The van der Waals surface area contributed by atoms with Crippen LogP contribution in [-0.2, 0) is 24.3 Å². The fraction of sp³-hybridized carbons (Fsp3) is 0.280. The number of halogens is 1. The Hall–Kier alpha value is -4.01. The summed E-state index contributed by atoms with van der Waals surface area (Å²) < 4.78 is 16.8. The molecule has 4 aromatic rings. The van der Waals surface area contributed by atoms with Crippen LogP contribution in [0.25, 0.3) is 11.2 Å². The molecule has 0 saturated heterocycles. The minimum absolute atomic E-state index is 0.127. The van der Waals surface area contributed by atoms with Gasteiger partial charge in [0, 0.05) is 31.1 Å². The van der Waals surface area contributed by atoms with E-state index in [9.17, 15) is 18.8 Å². The largest absolute Gasteiger partial charge is 0.336 e. The number of carbonyl (C=O) groups is 1. The van der Waals surface area contributed by atoms with Gasteiger partial charge in [-0.3, -0.25) is 18.7 Å². The minimum Gasteiger partial charge on any atom is -0.336 e. The van der Waals surface area contributed by atoms with E-state index in [1.54, 1.807) is 30.3 Å². The molecule has 1 amide bonds. The average molecular weight is 464 g/mol.